The molecule has 0 fully saturated rings. The first-order chi connectivity index (χ1) is 7.10. The van der Waals surface area contributed by atoms with Crippen LogP contribution in [-0.2, 0) is 9.59 Å². The number of hydrogen-bond donors (Lipinski definition) is 2. The molecule has 0 saturated carbocycles. The fraction of sp³-hybridized carbons (Fsp3) is 0.636. The predicted molar refractivity (Wildman–Crippen MR) is 58.5 cm³/mol. The van der Waals surface area contributed by atoms with E-state index >= 15 is 0 Å². The van der Waals surface area contributed by atoms with Crippen LogP contribution < -0.4 is 5.32 Å². The molecule has 0 radical (unpaired) electrons. The number of carboxylic acid groups (broad SMARTS) is 1. The number of aliphatic carboxylic acids is 1. The van der Waals surface area contributed by atoms with Gasteiger partial charge in [0.2, 0.25) is 5.91 Å². The van der Waals surface area contributed by atoms with Crippen molar-refractivity contribution in [2.75, 3.05) is 6.54 Å². The van der Waals surface area contributed by atoms with E-state index in [1.165, 1.54) is 6.08 Å². The topological polar surface area (TPSA) is 66.4 Å². The lowest BCUT2D eigenvalue weighted by molar-refractivity contribution is -0.137. The summed E-state index contributed by atoms with van der Waals surface area (Å²) in [5, 5.41) is 11.2. The van der Waals surface area contributed by atoms with Crippen molar-refractivity contribution in [3.05, 3.63) is 12.7 Å². The molecule has 15 heavy (non-hydrogen) atoms. The van der Waals surface area contributed by atoms with Gasteiger partial charge in [-0.25, -0.2) is 0 Å². The average molecular weight is 213 g/mol. The summed E-state index contributed by atoms with van der Waals surface area (Å²) < 4.78 is 0. The van der Waals surface area contributed by atoms with Gasteiger partial charge < -0.3 is 10.4 Å². The normalized spacial score (nSPS) is 11.8. The molecule has 0 rings (SSSR count). The highest BCUT2D eigenvalue weighted by molar-refractivity contribution is 5.86. The van der Waals surface area contributed by atoms with E-state index in [1.54, 1.807) is 0 Å². The van der Waals surface area contributed by atoms with Crippen molar-refractivity contribution in [3.8, 4) is 0 Å². The van der Waals surface area contributed by atoms with E-state index in [0.717, 1.165) is 12.8 Å². The molecule has 0 saturated heterocycles. The second-order valence-electron chi connectivity index (χ2n) is 3.49. The Kier molecular flexibility index (Phi) is 7.32. The number of carboxylic acids is 1. The number of amides is 1. The summed E-state index contributed by atoms with van der Waals surface area (Å²) >= 11 is 0. The van der Waals surface area contributed by atoms with E-state index in [4.69, 9.17) is 5.11 Å². The number of carbonyl (C=O) groups excluding carboxylic acids is 1. The zero-order chi connectivity index (χ0) is 11.7. The van der Waals surface area contributed by atoms with E-state index in [-0.39, 0.29) is 12.3 Å². The molecule has 0 aromatic rings. The van der Waals surface area contributed by atoms with Gasteiger partial charge in [-0.05, 0) is 24.8 Å². The van der Waals surface area contributed by atoms with Crippen molar-refractivity contribution >= 4 is 11.9 Å². The second-order valence-corrected chi connectivity index (χ2v) is 3.49. The lowest BCUT2D eigenvalue weighted by atomic mass is 9.97. The molecule has 4 nitrogen and oxygen atoms in total. The van der Waals surface area contributed by atoms with Gasteiger partial charge in [0, 0.05) is 13.0 Å². The van der Waals surface area contributed by atoms with Crippen LogP contribution in [0.25, 0.3) is 0 Å². The molecule has 0 bridgehead atoms. The van der Waals surface area contributed by atoms with Gasteiger partial charge in [0.25, 0.3) is 0 Å². The standard InChI is InChI=1S/C11H19NO3/c1-3-9(5-6-11(14)15)7-8-12-10(13)4-2/h4,9H,2-3,5-8H2,1H3,(H,12,13)(H,14,15). The summed E-state index contributed by atoms with van der Waals surface area (Å²) in [6, 6.07) is 0. The maximum absolute atomic E-state index is 10.8. The van der Waals surface area contributed by atoms with Crippen molar-refractivity contribution in [2.24, 2.45) is 5.92 Å². The van der Waals surface area contributed by atoms with Gasteiger partial charge in [-0.2, -0.15) is 0 Å². The fourth-order valence-corrected chi connectivity index (χ4v) is 1.35. The maximum atomic E-state index is 10.8. The predicted octanol–water partition coefficient (Wildman–Crippen LogP) is 1.57. The molecule has 0 spiro atoms. The molecule has 0 heterocycles. The van der Waals surface area contributed by atoms with Gasteiger partial charge in [-0.1, -0.05) is 19.9 Å². The Balaban J connectivity index is 3.65. The molecule has 2 N–H and O–H groups in total. The van der Waals surface area contributed by atoms with Crippen LogP contribution in [0.5, 0.6) is 0 Å². The first-order valence-electron chi connectivity index (χ1n) is 5.22. The van der Waals surface area contributed by atoms with E-state index in [2.05, 4.69) is 11.9 Å². The third-order valence-electron chi connectivity index (χ3n) is 2.38. The van der Waals surface area contributed by atoms with Crippen molar-refractivity contribution in [1.82, 2.24) is 5.32 Å². The van der Waals surface area contributed by atoms with Gasteiger partial charge in [0.1, 0.15) is 0 Å². The highest BCUT2D eigenvalue weighted by atomic mass is 16.4. The fourth-order valence-electron chi connectivity index (χ4n) is 1.35. The summed E-state index contributed by atoms with van der Waals surface area (Å²) in [6.45, 7) is 5.96. The first-order valence-corrected chi connectivity index (χ1v) is 5.22. The minimum Gasteiger partial charge on any atom is -0.481 e. The molecule has 1 atom stereocenters. The van der Waals surface area contributed by atoms with Crippen LogP contribution in [0.4, 0.5) is 0 Å². The Morgan fingerprint density at radius 3 is 2.60 bits per heavy atom. The van der Waals surface area contributed by atoms with Crippen LogP contribution in [0.3, 0.4) is 0 Å². The minimum absolute atomic E-state index is 0.178. The molecular weight excluding hydrogens is 194 g/mol. The highest BCUT2D eigenvalue weighted by Crippen LogP contribution is 2.14. The zero-order valence-electron chi connectivity index (χ0n) is 9.16. The van der Waals surface area contributed by atoms with Gasteiger partial charge in [-0.15, -0.1) is 0 Å². The lowest BCUT2D eigenvalue weighted by Crippen LogP contribution is -2.23. The van der Waals surface area contributed by atoms with Crippen LogP contribution in [0.15, 0.2) is 12.7 Å². The molecule has 86 valence electrons. The molecule has 0 aromatic carbocycles. The average Bonchev–Trinajstić information content (AvgIpc) is 2.22. The highest BCUT2D eigenvalue weighted by Gasteiger charge is 2.08. The minimum atomic E-state index is -0.761. The first kappa shape index (κ1) is 13.7. The number of nitrogens with one attached hydrogen (secondary N) is 1. The van der Waals surface area contributed by atoms with Crippen molar-refractivity contribution in [2.45, 2.75) is 32.6 Å². The van der Waals surface area contributed by atoms with Crippen LogP contribution in [-0.4, -0.2) is 23.5 Å². The summed E-state index contributed by atoms with van der Waals surface area (Å²) in [7, 11) is 0. The van der Waals surface area contributed by atoms with E-state index in [9.17, 15) is 9.59 Å². The SMILES string of the molecule is C=CC(=O)NCCC(CC)CCC(=O)O. The number of hydrogen-bond acceptors (Lipinski definition) is 2. The Bertz CT molecular complexity index is 226. The Morgan fingerprint density at radius 2 is 2.13 bits per heavy atom. The quantitative estimate of drug-likeness (QED) is 0.601. The van der Waals surface area contributed by atoms with Crippen molar-refractivity contribution in [1.29, 1.82) is 0 Å². The molecule has 0 aromatic heterocycles. The zero-order valence-corrected chi connectivity index (χ0v) is 9.16. The molecule has 1 unspecified atom stereocenters. The van der Waals surface area contributed by atoms with Crippen LogP contribution in [0.1, 0.15) is 32.6 Å². The van der Waals surface area contributed by atoms with Crippen molar-refractivity contribution < 1.29 is 14.7 Å². The molecule has 0 aliphatic rings. The van der Waals surface area contributed by atoms with Crippen molar-refractivity contribution in [3.63, 3.8) is 0 Å². The summed E-state index contributed by atoms with van der Waals surface area (Å²) in [4.78, 5) is 21.2. The van der Waals surface area contributed by atoms with Gasteiger partial charge in [0.15, 0.2) is 0 Å². The van der Waals surface area contributed by atoms with Crippen LogP contribution in [0.2, 0.25) is 0 Å². The third kappa shape index (κ3) is 7.73. The maximum Gasteiger partial charge on any atom is 0.303 e. The van der Waals surface area contributed by atoms with Gasteiger partial charge >= 0.3 is 5.97 Å². The molecule has 0 aliphatic heterocycles. The van der Waals surface area contributed by atoms with E-state index < -0.39 is 5.97 Å². The molecule has 1 amide bonds. The van der Waals surface area contributed by atoms with Gasteiger partial charge in [-0.3, -0.25) is 9.59 Å². The Morgan fingerprint density at radius 1 is 1.47 bits per heavy atom. The summed E-state index contributed by atoms with van der Waals surface area (Å²) in [6.07, 6.45) is 3.88. The third-order valence-corrected chi connectivity index (χ3v) is 2.38. The van der Waals surface area contributed by atoms with E-state index in [0.29, 0.717) is 18.9 Å². The number of rotatable bonds is 8. The molecule has 4 heteroatoms. The monoisotopic (exact) mass is 213 g/mol. The molecular formula is C11H19NO3. The molecule has 0 aliphatic carbocycles. The largest absolute Gasteiger partial charge is 0.481 e. The Labute approximate surface area is 90.4 Å². The summed E-state index contributed by atoms with van der Waals surface area (Å²) in [5.41, 5.74) is 0. The smallest absolute Gasteiger partial charge is 0.303 e. The van der Waals surface area contributed by atoms with Crippen LogP contribution in [0, 0.1) is 5.92 Å². The lowest BCUT2D eigenvalue weighted by Gasteiger charge is -2.13. The van der Waals surface area contributed by atoms with E-state index in [1.807, 2.05) is 6.92 Å². The summed E-state index contributed by atoms with van der Waals surface area (Å²) in [5.74, 6) is -0.571. The second kappa shape index (κ2) is 8.03. The van der Waals surface area contributed by atoms with Gasteiger partial charge in [0.05, 0.1) is 0 Å². The van der Waals surface area contributed by atoms with Crippen LogP contribution >= 0.6 is 0 Å². The number of carbonyl (C=O) groups is 2. The Hall–Kier alpha value is -1.32.